The van der Waals surface area contributed by atoms with E-state index in [0.717, 1.165) is 23.7 Å². The van der Waals surface area contributed by atoms with Crippen LogP contribution in [-0.2, 0) is 0 Å². The molecule has 3 rings (SSSR count). The van der Waals surface area contributed by atoms with Gasteiger partial charge in [0.05, 0.1) is 10.9 Å². The van der Waals surface area contributed by atoms with Crippen LogP contribution in [0.4, 0.5) is 0 Å². The lowest BCUT2D eigenvalue weighted by Gasteiger charge is -2.26. The van der Waals surface area contributed by atoms with Gasteiger partial charge in [-0.3, -0.25) is 9.36 Å². The van der Waals surface area contributed by atoms with Gasteiger partial charge in [0.2, 0.25) is 0 Å². The van der Waals surface area contributed by atoms with Gasteiger partial charge in [0, 0.05) is 10.5 Å². The van der Waals surface area contributed by atoms with E-state index < -0.39 is 0 Å². The van der Waals surface area contributed by atoms with Crippen molar-refractivity contribution in [3.05, 3.63) is 43.5 Å². The second kappa shape index (κ2) is 3.84. The van der Waals surface area contributed by atoms with Crippen LogP contribution >= 0.6 is 15.9 Å². The van der Waals surface area contributed by atoms with E-state index in [1.165, 1.54) is 4.57 Å². The van der Waals surface area contributed by atoms with Crippen molar-refractivity contribution in [3.63, 3.8) is 0 Å². The van der Waals surface area contributed by atoms with Gasteiger partial charge in [0.25, 0.3) is 5.56 Å². The molecule has 1 aromatic heterocycles. The van der Waals surface area contributed by atoms with Crippen LogP contribution < -0.4 is 11.2 Å². The lowest BCUT2D eigenvalue weighted by Crippen LogP contribution is -2.40. The third kappa shape index (κ3) is 1.65. The molecule has 88 valence electrons. The van der Waals surface area contributed by atoms with Gasteiger partial charge in [0.1, 0.15) is 0 Å². The molecule has 0 spiro atoms. The third-order valence-corrected chi connectivity index (χ3v) is 3.82. The molecule has 5 heteroatoms. The van der Waals surface area contributed by atoms with Gasteiger partial charge in [0.15, 0.2) is 0 Å². The number of hydrogen-bond donors (Lipinski definition) is 1. The van der Waals surface area contributed by atoms with Crippen LogP contribution in [0, 0.1) is 0 Å². The highest BCUT2D eigenvalue weighted by molar-refractivity contribution is 9.10. The molecule has 0 atom stereocenters. The molecular formula is C12H11BrN2O2. The summed E-state index contributed by atoms with van der Waals surface area (Å²) < 4.78 is 2.20. The zero-order valence-electron chi connectivity index (χ0n) is 9.07. The Morgan fingerprint density at radius 1 is 1.29 bits per heavy atom. The highest BCUT2D eigenvalue weighted by atomic mass is 79.9. The van der Waals surface area contributed by atoms with E-state index in [4.69, 9.17) is 0 Å². The van der Waals surface area contributed by atoms with Gasteiger partial charge < -0.3 is 4.98 Å². The van der Waals surface area contributed by atoms with Crippen LogP contribution in [0.1, 0.15) is 25.3 Å². The van der Waals surface area contributed by atoms with Gasteiger partial charge in [-0.15, -0.1) is 0 Å². The highest BCUT2D eigenvalue weighted by Crippen LogP contribution is 2.29. The van der Waals surface area contributed by atoms with Gasteiger partial charge in [-0.2, -0.15) is 0 Å². The Morgan fingerprint density at radius 3 is 2.71 bits per heavy atom. The van der Waals surface area contributed by atoms with Crippen molar-refractivity contribution in [3.8, 4) is 0 Å². The van der Waals surface area contributed by atoms with Gasteiger partial charge in [-0.25, -0.2) is 4.79 Å². The van der Waals surface area contributed by atoms with Crippen molar-refractivity contribution in [1.29, 1.82) is 0 Å². The van der Waals surface area contributed by atoms with Crippen LogP contribution in [0.25, 0.3) is 10.9 Å². The van der Waals surface area contributed by atoms with E-state index >= 15 is 0 Å². The fourth-order valence-corrected chi connectivity index (χ4v) is 2.54. The summed E-state index contributed by atoms with van der Waals surface area (Å²) in [5.74, 6) is 0. The molecule has 1 fully saturated rings. The maximum Gasteiger partial charge on any atom is 0.329 e. The Kier molecular flexibility index (Phi) is 2.43. The zero-order chi connectivity index (χ0) is 12.0. The molecule has 1 N–H and O–H groups in total. The van der Waals surface area contributed by atoms with E-state index in [1.807, 2.05) is 6.07 Å². The molecule has 0 saturated heterocycles. The summed E-state index contributed by atoms with van der Waals surface area (Å²) in [7, 11) is 0. The molecule has 0 bridgehead atoms. The molecule has 0 unspecified atom stereocenters. The molecule has 4 nitrogen and oxygen atoms in total. The average molecular weight is 295 g/mol. The summed E-state index contributed by atoms with van der Waals surface area (Å²) in [6.07, 6.45) is 2.93. The van der Waals surface area contributed by atoms with Crippen LogP contribution in [-0.4, -0.2) is 9.55 Å². The number of aromatic amines is 1. The minimum atomic E-state index is -0.297. The van der Waals surface area contributed by atoms with Gasteiger partial charge in [-0.05, 0) is 37.5 Å². The van der Waals surface area contributed by atoms with E-state index in [-0.39, 0.29) is 17.3 Å². The molecular weight excluding hydrogens is 284 g/mol. The van der Waals surface area contributed by atoms with Gasteiger partial charge in [-0.1, -0.05) is 15.9 Å². The average Bonchev–Trinajstić information content (AvgIpc) is 2.23. The molecule has 2 aromatic rings. The zero-order valence-corrected chi connectivity index (χ0v) is 10.7. The summed E-state index contributed by atoms with van der Waals surface area (Å²) in [6, 6.07) is 5.39. The molecule has 0 radical (unpaired) electrons. The maximum atomic E-state index is 12.3. The number of rotatable bonds is 1. The SMILES string of the molecule is O=c1[nH]c2ccc(Br)cc2c(=O)n1C1CCC1. The summed E-state index contributed by atoms with van der Waals surface area (Å²) >= 11 is 3.34. The standard InChI is InChI=1S/C12H11BrN2O2/c13-7-4-5-10-9(6-7)11(16)15(12(17)14-10)8-2-1-3-8/h4-6,8H,1-3H2,(H,14,17). The van der Waals surface area contributed by atoms with E-state index in [0.29, 0.717) is 10.9 Å². The normalized spacial score (nSPS) is 16.1. The van der Waals surface area contributed by atoms with Crippen molar-refractivity contribution in [2.75, 3.05) is 0 Å². The van der Waals surface area contributed by atoms with Crippen molar-refractivity contribution in [2.45, 2.75) is 25.3 Å². The molecule has 0 amide bonds. The van der Waals surface area contributed by atoms with Crippen LogP contribution in [0.5, 0.6) is 0 Å². The van der Waals surface area contributed by atoms with Crippen molar-refractivity contribution >= 4 is 26.8 Å². The first-order valence-electron chi connectivity index (χ1n) is 5.61. The summed E-state index contributed by atoms with van der Waals surface area (Å²) in [5, 5.41) is 0.561. The van der Waals surface area contributed by atoms with Crippen molar-refractivity contribution in [2.24, 2.45) is 0 Å². The second-order valence-corrected chi connectivity index (χ2v) is 5.30. The molecule has 1 saturated carbocycles. The van der Waals surface area contributed by atoms with E-state index in [9.17, 15) is 9.59 Å². The first-order valence-corrected chi connectivity index (χ1v) is 6.40. The highest BCUT2D eigenvalue weighted by Gasteiger charge is 2.23. The van der Waals surface area contributed by atoms with Crippen molar-refractivity contribution < 1.29 is 0 Å². The Labute approximate surface area is 105 Å². The largest absolute Gasteiger partial charge is 0.329 e. The molecule has 17 heavy (non-hydrogen) atoms. The Bertz CT molecular complexity index is 698. The summed E-state index contributed by atoms with van der Waals surface area (Å²) in [5.41, 5.74) is 0.114. The second-order valence-electron chi connectivity index (χ2n) is 4.38. The third-order valence-electron chi connectivity index (χ3n) is 3.33. The number of H-pyrrole nitrogens is 1. The Hall–Kier alpha value is -1.36. The first-order chi connectivity index (χ1) is 8.16. The Morgan fingerprint density at radius 2 is 2.06 bits per heavy atom. The minimum Gasteiger partial charge on any atom is -0.307 e. The van der Waals surface area contributed by atoms with Crippen LogP contribution in [0.15, 0.2) is 32.3 Å². The summed E-state index contributed by atoms with van der Waals surface area (Å²) in [6.45, 7) is 0. The molecule has 1 aliphatic rings. The van der Waals surface area contributed by atoms with Crippen LogP contribution in [0.2, 0.25) is 0 Å². The fraction of sp³-hybridized carbons (Fsp3) is 0.333. The lowest BCUT2D eigenvalue weighted by molar-refractivity contribution is 0.298. The smallest absolute Gasteiger partial charge is 0.307 e. The first kappa shape index (κ1) is 10.8. The number of nitrogens with zero attached hydrogens (tertiary/aromatic N) is 1. The van der Waals surface area contributed by atoms with E-state index in [2.05, 4.69) is 20.9 Å². The summed E-state index contributed by atoms with van der Waals surface area (Å²) in [4.78, 5) is 26.9. The number of halogens is 1. The van der Waals surface area contributed by atoms with Crippen LogP contribution in [0.3, 0.4) is 0 Å². The van der Waals surface area contributed by atoms with Crippen molar-refractivity contribution in [1.82, 2.24) is 9.55 Å². The topological polar surface area (TPSA) is 54.9 Å². The fourth-order valence-electron chi connectivity index (χ4n) is 2.18. The number of benzene rings is 1. The number of hydrogen-bond acceptors (Lipinski definition) is 2. The van der Waals surface area contributed by atoms with E-state index in [1.54, 1.807) is 12.1 Å². The quantitative estimate of drug-likeness (QED) is 0.876. The lowest BCUT2D eigenvalue weighted by atomic mass is 9.93. The predicted molar refractivity (Wildman–Crippen MR) is 69.4 cm³/mol. The molecule has 1 heterocycles. The predicted octanol–water partition coefficient (Wildman–Crippen LogP) is 2.18. The molecule has 1 aliphatic carbocycles. The number of fused-ring (bicyclic) bond motifs is 1. The molecule has 0 aliphatic heterocycles. The Balaban J connectivity index is 2.36. The molecule has 1 aromatic carbocycles. The number of aromatic nitrogens is 2. The monoisotopic (exact) mass is 294 g/mol. The maximum absolute atomic E-state index is 12.3. The minimum absolute atomic E-state index is 0.0784. The number of nitrogens with one attached hydrogen (secondary N) is 1. The van der Waals surface area contributed by atoms with Gasteiger partial charge >= 0.3 is 5.69 Å².